The zero-order valence-corrected chi connectivity index (χ0v) is 16.7. The van der Waals surface area contributed by atoms with E-state index in [0.717, 1.165) is 24.6 Å². The van der Waals surface area contributed by atoms with Crippen LogP contribution < -0.4 is 10.2 Å². The number of para-hydroxylation sites is 1. The molecule has 30 heavy (non-hydrogen) atoms. The Kier molecular flexibility index (Phi) is 4.28. The summed E-state index contributed by atoms with van der Waals surface area (Å²) in [5.41, 5.74) is 0.726. The smallest absolute Gasteiger partial charge is 0.202 e. The standard InChI is InChI=1S/C21H16F2N4O2S/c1-29-19-16(23)15(22)9-13-17(19)26(11-7-8-11)10-14(18(13)28)20-24-25-21(30)27(20)12-5-3-2-4-6-12/h2-6,9-11H,7-8H2,1H3,(H,25,30). The van der Waals surface area contributed by atoms with E-state index in [0.29, 0.717) is 10.6 Å². The summed E-state index contributed by atoms with van der Waals surface area (Å²) in [6.07, 6.45) is 3.36. The lowest BCUT2D eigenvalue weighted by atomic mass is 10.1. The van der Waals surface area contributed by atoms with Gasteiger partial charge in [-0.3, -0.25) is 14.5 Å². The summed E-state index contributed by atoms with van der Waals surface area (Å²) < 4.78 is 37.5. The van der Waals surface area contributed by atoms with Crippen LogP contribution in [0.25, 0.3) is 28.0 Å². The maximum atomic E-state index is 14.4. The summed E-state index contributed by atoms with van der Waals surface area (Å²) in [7, 11) is 1.26. The Balaban J connectivity index is 1.88. The van der Waals surface area contributed by atoms with Crippen LogP contribution in [0, 0.1) is 16.4 Å². The first-order valence-electron chi connectivity index (χ1n) is 9.35. The van der Waals surface area contributed by atoms with Crippen LogP contribution in [-0.4, -0.2) is 26.4 Å². The maximum absolute atomic E-state index is 14.4. The molecule has 1 saturated carbocycles. The number of fused-ring (bicyclic) bond motifs is 1. The monoisotopic (exact) mass is 426 g/mol. The summed E-state index contributed by atoms with van der Waals surface area (Å²) in [6, 6.07) is 10.2. The van der Waals surface area contributed by atoms with Gasteiger partial charge in [0.2, 0.25) is 11.2 Å². The number of H-pyrrole nitrogens is 1. The summed E-state index contributed by atoms with van der Waals surface area (Å²) in [5, 5.41) is 7.02. The van der Waals surface area contributed by atoms with Crippen molar-refractivity contribution >= 4 is 23.1 Å². The number of hydrogen-bond acceptors (Lipinski definition) is 4. The molecule has 2 heterocycles. The Morgan fingerprint density at radius 1 is 1.23 bits per heavy atom. The van der Waals surface area contributed by atoms with E-state index in [1.165, 1.54) is 7.11 Å². The van der Waals surface area contributed by atoms with E-state index >= 15 is 0 Å². The van der Waals surface area contributed by atoms with Gasteiger partial charge in [-0.15, -0.1) is 0 Å². The van der Waals surface area contributed by atoms with Gasteiger partial charge in [0.15, 0.2) is 22.2 Å². The van der Waals surface area contributed by atoms with Crippen LogP contribution >= 0.6 is 12.2 Å². The number of aromatic nitrogens is 4. The Morgan fingerprint density at radius 3 is 2.63 bits per heavy atom. The van der Waals surface area contributed by atoms with Gasteiger partial charge in [0, 0.05) is 17.9 Å². The molecule has 0 amide bonds. The number of nitrogens with zero attached hydrogens (tertiary/aromatic N) is 3. The van der Waals surface area contributed by atoms with Gasteiger partial charge in [0.1, 0.15) is 0 Å². The first-order valence-corrected chi connectivity index (χ1v) is 9.76. The van der Waals surface area contributed by atoms with Crippen LogP contribution in [0.2, 0.25) is 0 Å². The average Bonchev–Trinajstić information content (AvgIpc) is 3.52. The Bertz CT molecular complexity index is 1400. The minimum atomic E-state index is -1.14. The normalized spacial score (nSPS) is 13.7. The molecule has 5 rings (SSSR count). The van der Waals surface area contributed by atoms with Crippen molar-refractivity contribution in [2.24, 2.45) is 0 Å². The molecule has 1 aliphatic rings. The summed E-state index contributed by atoms with van der Waals surface area (Å²) in [5.74, 6) is -2.23. The third-order valence-corrected chi connectivity index (χ3v) is 5.51. The van der Waals surface area contributed by atoms with Crippen LogP contribution in [0.15, 0.2) is 47.4 Å². The van der Waals surface area contributed by atoms with Gasteiger partial charge in [-0.2, -0.15) is 9.49 Å². The van der Waals surface area contributed by atoms with E-state index in [2.05, 4.69) is 10.2 Å². The zero-order chi connectivity index (χ0) is 21.0. The summed E-state index contributed by atoms with van der Waals surface area (Å²) in [6.45, 7) is 0. The number of nitrogens with one attached hydrogen (secondary N) is 1. The first-order chi connectivity index (χ1) is 14.5. The highest BCUT2D eigenvalue weighted by molar-refractivity contribution is 7.71. The molecule has 1 fully saturated rings. The molecule has 6 nitrogen and oxygen atoms in total. The highest BCUT2D eigenvalue weighted by Gasteiger charge is 2.30. The van der Waals surface area contributed by atoms with Gasteiger partial charge in [-0.1, -0.05) is 18.2 Å². The molecule has 0 unspecified atom stereocenters. The fourth-order valence-electron chi connectivity index (χ4n) is 3.71. The van der Waals surface area contributed by atoms with Crippen LogP contribution in [0.3, 0.4) is 0 Å². The Hall–Kier alpha value is -3.33. The molecule has 0 radical (unpaired) electrons. The van der Waals surface area contributed by atoms with Crippen LogP contribution in [0.4, 0.5) is 8.78 Å². The number of rotatable bonds is 4. The molecule has 0 bridgehead atoms. The lowest BCUT2D eigenvalue weighted by Crippen LogP contribution is -2.15. The van der Waals surface area contributed by atoms with E-state index in [4.69, 9.17) is 17.0 Å². The quantitative estimate of drug-likeness (QED) is 0.487. The molecule has 0 saturated heterocycles. The van der Waals surface area contributed by atoms with Crippen molar-refractivity contribution in [3.8, 4) is 22.8 Å². The van der Waals surface area contributed by atoms with Crippen LogP contribution in [0.5, 0.6) is 5.75 Å². The number of methoxy groups -OCH3 is 1. The SMILES string of the molecule is COc1c(F)c(F)cc2c(=O)c(-c3n[nH]c(=S)n3-c3ccccc3)cn(C3CC3)c12. The second-order valence-corrected chi connectivity index (χ2v) is 7.52. The molecular weight excluding hydrogens is 410 g/mol. The second-order valence-electron chi connectivity index (χ2n) is 7.14. The molecule has 2 aromatic heterocycles. The molecule has 2 aromatic carbocycles. The van der Waals surface area contributed by atoms with E-state index in [1.54, 1.807) is 15.3 Å². The molecule has 1 aliphatic carbocycles. The van der Waals surface area contributed by atoms with Gasteiger partial charge >= 0.3 is 0 Å². The Labute approximate surface area is 174 Å². The molecule has 0 spiro atoms. The Morgan fingerprint density at radius 2 is 1.97 bits per heavy atom. The zero-order valence-electron chi connectivity index (χ0n) is 15.9. The minimum absolute atomic E-state index is 0.0312. The number of ether oxygens (including phenoxy) is 1. The second kappa shape index (κ2) is 6.88. The highest BCUT2D eigenvalue weighted by atomic mass is 32.1. The van der Waals surface area contributed by atoms with E-state index in [9.17, 15) is 13.6 Å². The van der Waals surface area contributed by atoms with E-state index < -0.39 is 17.1 Å². The molecule has 0 atom stereocenters. The molecule has 9 heteroatoms. The number of halogens is 2. The highest BCUT2D eigenvalue weighted by Crippen LogP contribution is 2.41. The number of pyridine rings is 1. The van der Waals surface area contributed by atoms with Crippen molar-refractivity contribution < 1.29 is 13.5 Å². The molecule has 0 aliphatic heterocycles. The summed E-state index contributed by atoms with van der Waals surface area (Å²) in [4.78, 5) is 13.4. The fourth-order valence-corrected chi connectivity index (χ4v) is 3.95. The minimum Gasteiger partial charge on any atom is -0.491 e. The number of aromatic amines is 1. The van der Waals surface area contributed by atoms with Crippen LogP contribution in [-0.2, 0) is 0 Å². The largest absolute Gasteiger partial charge is 0.491 e. The van der Waals surface area contributed by atoms with Gasteiger partial charge in [-0.05, 0) is 43.3 Å². The van der Waals surface area contributed by atoms with Crippen molar-refractivity contribution in [1.29, 1.82) is 0 Å². The fraction of sp³-hybridized carbons (Fsp3) is 0.190. The van der Waals surface area contributed by atoms with E-state index in [1.807, 2.05) is 30.3 Å². The number of benzene rings is 2. The van der Waals surface area contributed by atoms with Crippen molar-refractivity contribution in [3.05, 3.63) is 69.2 Å². The molecule has 4 aromatic rings. The van der Waals surface area contributed by atoms with Crippen molar-refractivity contribution in [2.45, 2.75) is 18.9 Å². The third kappa shape index (κ3) is 2.77. The predicted octanol–water partition coefficient (Wildman–Crippen LogP) is 4.53. The van der Waals surface area contributed by atoms with Crippen molar-refractivity contribution in [1.82, 2.24) is 19.3 Å². The van der Waals surface area contributed by atoms with Crippen LogP contribution in [0.1, 0.15) is 18.9 Å². The van der Waals surface area contributed by atoms with Gasteiger partial charge < -0.3 is 9.30 Å². The first kappa shape index (κ1) is 18.7. The van der Waals surface area contributed by atoms with Crippen molar-refractivity contribution in [3.63, 3.8) is 0 Å². The molecular formula is C21H16F2N4O2S. The average molecular weight is 426 g/mol. The number of hydrogen-bond donors (Lipinski definition) is 1. The topological polar surface area (TPSA) is 64.8 Å². The van der Waals surface area contributed by atoms with Gasteiger partial charge in [-0.25, -0.2) is 4.39 Å². The third-order valence-electron chi connectivity index (χ3n) is 5.24. The lowest BCUT2D eigenvalue weighted by molar-refractivity contribution is 0.375. The van der Waals surface area contributed by atoms with Gasteiger partial charge in [0.05, 0.1) is 23.6 Å². The summed E-state index contributed by atoms with van der Waals surface area (Å²) >= 11 is 5.37. The van der Waals surface area contributed by atoms with E-state index in [-0.39, 0.29) is 28.3 Å². The lowest BCUT2D eigenvalue weighted by Gasteiger charge is -2.16. The predicted molar refractivity (Wildman–Crippen MR) is 111 cm³/mol. The maximum Gasteiger partial charge on any atom is 0.202 e. The van der Waals surface area contributed by atoms with Gasteiger partial charge in [0.25, 0.3) is 0 Å². The molecule has 152 valence electrons. The van der Waals surface area contributed by atoms with Crippen molar-refractivity contribution in [2.75, 3.05) is 7.11 Å². The molecule has 1 N–H and O–H groups in total.